The minimum Gasteiger partial charge on any atom is -0.548 e. The summed E-state index contributed by atoms with van der Waals surface area (Å²) in [7, 11) is 0. The van der Waals surface area contributed by atoms with Crippen LogP contribution in [0.3, 0.4) is 0 Å². The van der Waals surface area contributed by atoms with Gasteiger partial charge in [-0.3, -0.25) is 9.59 Å². The molecule has 2 N–H and O–H groups in total. The summed E-state index contributed by atoms with van der Waals surface area (Å²) >= 11 is 0. The highest BCUT2D eigenvalue weighted by molar-refractivity contribution is 5.96. The van der Waals surface area contributed by atoms with Crippen molar-refractivity contribution in [2.45, 2.75) is 25.4 Å². The van der Waals surface area contributed by atoms with Crippen LogP contribution in [-0.2, 0) is 20.8 Å². The van der Waals surface area contributed by atoms with E-state index in [1.807, 2.05) is 30.3 Å². The van der Waals surface area contributed by atoms with Crippen molar-refractivity contribution >= 4 is 23.9 Å². The van der Waals surface area contributed by atoms with Gasteiger partial charge in [0.15, 0.2) is 0 Å². The molecule has 0 aliphatic carbocycles. The van der Waals surface area contributed by atoms with Gasteiger partial charge in [0.1, 0.15) is 11.8 Å². The van der Waals surface area contributed by atoms with E-state index in [-0.39, 0.29) is 6.42 Å². The summed E-state index contributed by atoms with van der Waals surface area (Å²) < 4.78 is 5.09. The summed E-state index contributed by atoms with van der Waals surface area (Å²) in [6.07, 6.45) is 4.40. The number of nitrogens with one attached hydrogen (secondary N) is 2. The fraction of sp³-hybridized carbons (Fsp3) is 0.211. The van der Waals surface area contributed by atoms with Gasteiger partial charge in [0.05, 0.1) is 18.3 Å². The molecule has 0 aliphatic heterocycles. The number of hydrogen-bond donors (Lipinski definition) is 2. The highest BCUT2D eigenvalue weighted by atomic mass is 16.4. The quantitative estimate of drug-likeness (QED) is 0.661. The lowest BCUT2D eigenvalue weighted by molar-refractivity contribution is -0.307. The van der Waals surface area contributed by atoms with Crippen LogP contribution in [0.2, 0.25) is 0 Å². The van der Waals surface area contributed by atoms with Gasteiger partial charge >= 0.3 is 0 Å². The second-order valence-corrected chi connectivity index (χ2v) is 5.65. The normalized spacial score (nSPS) is 13.1. The van der Waals surface area contributed by atoms with Gasteiger partial charge in [-0.1, -0.05) is 30.3 Å². The van der Waals surface area contributed by atoms with Crippen LogP contribution in [0.4, 0.5) is 0 Å². The second-order valence-electron chi connectivity index (χ2n) is 5.65. The number of aliphatic carboxylic acids is 1. The third-order valence-electron chi connectivity index (χ3n) is 3.57. The Morgan fingerprint density at radius 3 is 2.46 bits per heavy atom. The molecule has 2 aromatic rings. The fourth-order valence-corrected chi connectivity index (χ4v) is 2.20. The summed E-state index contributed by atoms with van der Waals surface area (Å²) in [5, 5.41) is 15.7. The maximum atomic E-state index is 12.4. The van der Waals surface area contributed by atoms with E-state index < -0.39 is 29.9 Å². The zero-order chi connectivity index (χ0) is 18.9. The number of carbonyl (C=O) groups is 3. The lowest BCUT2D eigenvalue weighted by Crippen LogP contribution is -2.53. The summed E-state index contributed by atoms with van der Waals surface area (Å²) in [5.74, 6) is -2.01. The molecule has 136 valence electrons. The monoisotopic (exact) mass is 355 g/mol. The topological polar surface area (TPSA) is 111 Å². The molecule has 0 bridgehead atoms. The van der Waals surface area contributed by atoms with Crippen LogP contribution in [0.15, 0.2) is 59.2 Å². The Balaban J connectivity index is 2.07. The van der Waals surface area contributed by atoms with Crippen LogP contribution in [0.1, 0.15) is 18.2 Å². The van der Waals surface area contributed by atoms with Gasteiger partial charge in [-0.15, -0.1) is 0 Å². The molecule has 0 unspecified atom stereocenters. The van der Waals surface area contributed by atoms with Gasteiger partial charge in [0.25, 0.3) is 0 Å². The molecule has 0 saturated carbocycles. The van der Waals surface area contributed by atoms with Gasteiger partial charge in [-0.05, 0) is 30.7 Å². The maximum Gasteiger partial charge on any atom is 0.244 e. The Morgan fingerprint density at radius 2 is 1.85 bits per heavy atom. The molecule has 2 atom stereocenters. The molecule has 0 fully saturated rings. The van der Waals surface area contributed by atoms with Crippen LogP contribution >= 0.6 is 0 Å². The van der Waals surface area contributed by atoms with Crippen LogP contribution in [0, 0.1) is 0 Å². The van der Waals surface area contributed by atoms with Gasteiger partial charge in [0.2, 0.25) is 11.8 Å². The highest BCUT2D eigenvalue weighted by Crippen LogP contribution is 2.05. The fourth-order valence-electron chi connectivity index (χ4n) is 2.20. The van der Waals surface area contributed by atoms with Crippen LogP contribution < -0.4 is 15.7 Å². The van der Waals surface area contributed by atoms with E-state index in [2.05, 4.69) is 10.6 Å². The van der Waals surface area contributed by atoms with E-state index in [9.17, 15) is 19.5 Å². The molecule has 1 aromatic carbocycles. The predicted molar refractivity (Wildman–Crippen MR) is 92.4 cm³/mol. The SMILES string of the molecule is C[C@H](NC(=O)[C@H](Cc1ccccc1)NC(=O)/C=C/c1ccco1)C(=O)[O-]. The minimum atomic E-state index is -1.40. The average molecular weight is 355 g/mol. The van der Waals surface area contributed by atoms with Crippen LogP contribution in [0.25, 0.3) is 6.08 Å². The zero-order valence-corrected chi connectivity index (χ0v) is 14.2. The number of hydrogen-bond acceptors (Lipinski definition) is 5. The van der Waals surface area contributed by atoms with E-state index in [0.717, 1.165) is 5.56 Å². The van der Waals surface area contributed by atoms with E-state index in [1.54, 1.807) is 12.1 Å². The first kappa shape index (κ1) is 19.0. The Bertz CT molecular complexity index is 768. The van der Waals surface area contributed by atoms with E-state index in [0.29, 0.717) is 5.76 Å². The molecule has 2 amide bonds. The first-order valence-electron chi connectivity index (χ1n) is 8.03. The van der Waals surface area contributed by atoms with Crippen molar-refractivity contribution in [3.05, 3.63) is 66.1 Å². The second kappa shape index (κ2) is 9.22. The molecule has 7 nitrogen and oxygen atoms in total. The molecule has 1 aromatic heterocycles. The largest absolute Gasteiger partial charge is 0.548 e. The summed E-state index contributed by atoms with van der Waals surface area (Å²) in [4.78, 5) is 35.3. The van der Waals surface area contributed by atoms with Crippen molar-refractivity contribution in [3.63, 3.8) is 0 Å². The van der Waals surface area contributed by atoms with E-state index >= 15 is 0 Å². The molecule has 0 radical (unpaired) electrons. The number of amides is 2. The average Bonchev–Trinajstić information content (AvgIpc) is 3.13. The van der Waals surface area contributed by atoms with Crippen molar-refractivity contribution in [2.75, 3.05) is 0 Å². The number of carboxylic acids is 1. The van der Waals surface area contributed by atoms with Crippen molar-refractivity contribution in [1.29, 1.82) is 0 Å². The summed E-state index contributed by atoms with van der Waals surface area (Å²) in [5.41, 5.74) is 0.823. The Labute approximate surface area is 150 Å². The number of rotatable bonds is 8. The summed E-state index contributed by atoms with van der Waals surface area (Å²) in [6, 6.07) is 10.3. The molecular formula is C19H19N2O5-. The maximum absolute atomic E-state index is 12.4. The smallest absolute Gasteiger partial charge is 0.244 e. The molecule has 26 heavy (non-hydrogen) atoms. The van der Waals surface area contributed by atoms with Crippen molar-refractivity contribution in [1.82, 2.24) is 10.6 Å². The zero-order valence-electron chi connectivity index (χ0n) is 14.2. The van der Waals surface area contributed by atoms with Crippen molar-refractivity contribution in [2.24, 2.45) is 0 Å². The van der Waals surface area contributed by atoms with Gasteiger partial charge in [-0.2, -0.15) is 0 Å². The van der Waals surface area contributed by atoms with Crippen molar-refractivity contribution < 1.29 is 23.9 Å². The number of furan rings is 1. The first-order valence-corrected chi connectivity index (χ1v) is 8.03. The molecular weight excluding hydrogens is 336 g/mol. The Morgan fingerprint density at radius 1 is 1.12 bits per heavy atom. The minimum absolute atomic E-state index is 0.215. The van der Waals surface area contributed by atoms with Crippen molar-refractivity contribution in [3.8, 4) is 0 Å². The Kier molecular flexibility index (Phi) is 6.73. The predicted octanol–water partition coefficient (Wildman–Crippen LogP) is 0.275. The number of benzene rings is 1. The molecule has 0 spiro atoms. The lowest BCUT2D eigenvalue weighted by atomic mass is 10.0. The lowest BCUT2D eigenvalue weighted by Gasteiger charge is -2.21. The van der Waals surface area contributed by atoms with Crippen LogP contribution in [0.5, 0.6) is 0 Å². The number of carbonyl (C=O) groups excluding carboxylic acids is 3. The molecule has 1 heterocycles. The molecule has 7 heteroatoms. The summed E-state index contributed by atoms with van der Waals surface area (Å²) in [6.45, 7) is 1.30. The standard InChI is InChI=1S/C19H20N2O5/c1-13(19(24)25)20-18(23)16(12-14-6-3-2-4-7-14)21-17(22)10-9-15-8-5-11-26-15/h2-11,13,16H,12H2,1H3,(H,20,23)(H,21,22)(H,24,25)/p-1/b10-9+/t13-,16-/m0/s1. The molecule has 0 aliphatic rings. The van der Waals surface area contributed by atoms with Gasteiger partial charge in [0, 0.05) is 12.5 Å². The first-order chi connectivity index (χ1) is 12.5. The van der Waals surface area contributed by atoms with E-state index in [1.165, 1.54) is 25.3 Å². The van der Waals surface area contributed by atoms with Gasteiger partial charge in [-0.25, -0.2) is 0 Å². The Hall–Kier alpha value is -3.35. The highest BCUT2D eigenvalue weighted by Gasteiger charge is 2.22. The molecule has 2 rings (SSSR count). The van der Waals surface area contributed by atoms with Gasteiger partial charge < -0.3 is 25.0 Å². The third kappa shape index (κ3) is 5.94. The van der Waals surface area contributed by atoms with E-state index in [4.69, 9.17) is 4.42 Å². The third-order valence-corrected chi connectivity index (χ3v) is 3.57. The number of carboxylic acid groups (broad SMARTS) is 1. The van der Waals surface area contributed by atoms with Crippen LogP contribution in [-0.4, -0.2) is 29.9 Å². The molecule has 0 saturated heterocycles.